The lowest BCUT2D eigenvalue weighted by atomic mass is 10.3. The van der Waals surface area contributed by atoms with Crippen LogP contribution in [0.4, 0.5) is 11.4 Å². The minimum absolute atomic E-state index is 0.0816. The SMILES string of the molecule is Nc1cc(NCSOOO)ccc1S(=O)(=O)O. The number of rotatable bonds is 6. The molecule has 0 radical (unpaired) electrons. The predicted molar refractivity (Wildman–Crippen MR) is 61.5 cm³/mol. The lowest BCUT2D eigenvalue weighted by Crippen LogP contribution is -2.05. The number of anilines is 2. The summed E-state index contributed by atoms with van der Waals surface area (Å²) in [6.45, 7) is 0. The monoisotopic (exact) mass is 282 g/mol. The van der Waals surface area contributed by atoms with Gasteiger partial charge in [0.25, 0.3) is 10.1 Å². The van der Waals surface area contributed by atoms with E-state index in [2.05, 4.69) is 14.7 Å². The van der Waals surface area contributed by atoms with Gasteiger partial charge in [-0.15, -0.1) is 4.33 Å². The van der Waals surface area contributed by atoms with E-state index in [1.165, 1.54) is 18.2 Å². The Balaban J connectivity index is 2.70. The van der Waals surface area contributed by atoms with Crippen molar-refractivity contribution in [3.05, 3.63) is 18.2 Å². The van der Waals surface area contributed by atoms with Gasteiger partial charge in [0.05, 0.1) is 23.6 Å². The Morgan fingerprint density at radius 3 is 2.71 bits per heavy atom. The van der Waals surface area contributed by atoms with Crippen LogP contribution in [0.5, 0.6) is 0 Å². The molecule has 0 amide bonds. The van der Waals surface area contributed by atoms with Gasteiger partial charge in [-0.1, -0.05) is 5.04 Å². The third-order valence-electron chi connectivity index (χ3n) is 1.70. The zero-order valence-electron chi connectivity index (χ0n) is 8.36. The summed E-state index contributed by atoms with van der Waals surface area (Å²) in [6.07, 6.45) is 0. The summed E-state index contributed by atoms with van der Waals surface area (Å²) in [5.41, 5.74) is 5.89. The van der Waals surface area contributed by atoms with Crippen LogP contribution < -0.4 is 11.1 Å². The van der Waals surface area contributed by atoms with Crippen molar-refractivity contribution < 1.29 is 27.6 Å². The van der Waals surface area contributed by atoms with Crippen molar-refractivity contribution in [3.63, 3.8) is 0 Å². The van der Waals surface area contributed by atoms with E-state index in [1.54, 1.807) is 0 Å². The first-order valence-corrected chi connectivity index (χ1v) is 6.51. The van der Waals surface area contributed by atoms with Crippen LogP contribution in [0.2, 0.25) is 0 Å². The molecular weight excluding hydrogens is 272 g/mol. The van der Waals surface area contributed by atoms with Crippen molar-refractivity contribution in [2.24, 2.45) is 0 Å². The van der Waals surface area contributed by atoms with Crippen molar-refractivity contribution in [3.8, 4) is 0 Å². The number of hydrogen-bond donors (Lipinski definition) is 4. The fourth-order valence-electron chi connectivity index (χ4n) is 1.05. The topological polar surface area (TPSA) is 131 Å². The number of nitrogens with two attached hydrogens (primary N) is 1. The van der Waals surface area contributed by atoms with E-state index in [4.69, 9.17) is 15.5 Å². The van der Waals surface area contributed by atoms with Gasteiger partial charge >= 0.3 is 0 Å². The van der Waals surface area contributed by atoms with E-state index in [-0.39, 0.29) is 16.5 Å². The van der Waals surface area contributed by atoms with Crippen LogP contribution in [-0.4, -0.2) is 24.1 Å². The Hall–Kier alpha value is -1.04. The molecule has 8 nitrogen and oxygen atoms in total. The van der Waals surface area contributed by atoms with E-state index in [1.807, 2.05) is 0 Å². The van der Waals surface area contributed by atoms with Gasteiger partial charge in [0.15, 0.2) is 0 Å². The normalized spacial score (nSPS) is 11.4. The Morgan fingerprint density at radius 2 is 2.18 bits per heavy atom. The fraction of sp³-hybridized carbons (Fsp3) is 0.143. The van der Waals surface area contributed by atoms with Crippen molar-refractivity contribution >= 4 is 33.5 Å². The Bertz CT molecular complexity index is 477. The molecule has 0 aromatic heterocycles. The summed E-state index contributed by atoms with van der Waals surface area (Å²) in [7, 11) is -4.32. The van der Waals surface area contributed by atoms with Gasteiger partial charge in [-0.2, -0.15) is 8.42 Å². The van der Waals surface area contributed by atoms with Crippen LogP contribution in [0, 0.1) is 0 Å². The molecule has 0 spiro atoms. The molecular formula is C7H10N2O6S2. The first kappa shape index (κ1) is 14.0. The van der Waals surface area contributed by atoms with Crippen molar-refractivity contribution in [2.75, 3.05) is 16.9 Å². The summed E-state index contributed by atoms with van der Waals surface area (Å²) in [4.78, 5) is -0.356. The van der Waals surface area contributed by atoms with E-state index < -0.39 is 10.1 Å². The highest BCUT2D eigenvalue weighted by atomic mass is 32.2. The quantitative estimate of drug-likeness (QED) is 0.114. The summed E-state index contributed by atoms with van der Waals surface area (Å²) in [5, 5.41) is 14.0. The smallest absolute Gasteiger partial charge is 0.296 e. The highest BCUT2D eigenvalue weighted by Crippen LogP contribution is 2.22. The first-order chi connectivity index (χ1) is 7.95. The summed E-state index contributed by atoms with van der Waals surface area (Å²) < 4.78 is 34.6. The van der Waals surface area contributed by atoms with Gasteiger partial charge in [0.2, 0.25) is 0 Å². The van der Waals surface area contributed by atoms with Crippen molar-refractivity contribution in [1.82, 2.24) is 0 Å². The summed E-state index contributed by atoms with van der Waals surface area (Å²) in [5.74, 6) is 0.227. The van der Waals surface area contributed by atoms with E-state index in [0.29, 0.717) is 5.69 Å². The predicted octanol–water partition coefficient (Wildman–Crippen LogP) is 0.954. The van der Waals surface area contributed by atoms with Crippen LogP contribution in [0.3, 0.4) is 0 Å². The number of nitrogens with one attached hydrogen (secondary N) is 1. The molecule has 1 rings (SSSR count). The lowest BCUT2D eigenvalue weighted by Gasteiger charge is -2.07. The zero-order chi connectivity index (χ0) is 12.9. The lowest BCUT2D eigenvalue weighted by molar-refractivity contribution is -0.432. The second-order valence-electron chi connectivity index (χ2n) is 2.81. The van der Waals surface area contributed by atoms with E-state index in [9.17, 15) is 8.42 Å². The van der Waals surface area contributed by atoms with Crippen LogP contribution in [-0.2, 0) is 19.5 Å². The highest BCUT2D eigenvalue weighted by molar-refractivity contribution is 7.94. The standard InChI is InChI=1S/C7H10N2O6S2/c8-6-3-5(9-4-16-15-14-10)1-2-7(6)17(11,12)13/h1-3,9-10H,4,8H2,(H,11,12,13). The molecule has 0 heterocycles. The highest BCUT2D eigenvalue weighted by Gasteiger charge is 2.13. The second-order valence-corrected chi connectivity index (χ2v) is 4.86. The molecule has 0 saturated heterocycles. The van der Waals surface area contributed by atoms with Gasteiger partial charge in [-0.05, 0) is 18.2 Å². The van der Waals surface area contributed by atoms with Crippen molar-refractivity contribution in [2.45, 2.75) is 4.90 Å². The maximum atomic E-state index is 10.9. The molecule has 17 heavy (non-hydrogen) atoms. The number of hydrogen-bond acceptors (Lipinski definition) is 8. The van der Waals surface area contributed by atoms with Crippen LogP contribution in [0.1, 0.15) is 0 Å². The van der Waals surface area contributed by atoms with Crippen molar-refractivity contribution in [1.29, 1.82) is 0 Å². The Kier molecular flexibility index (Phi) is 4.99. The average molecular weight is 282 g/mol. The third kappa shape index (κ3) is 4.38. The largest absolute Gasteiger partial charge is 0.398 e. The van der Waals surface area contributed by atoms with E-state index >= 15 is 0 Å². The van der Waals surface area contributed by atoms with Gasteiger partial charge in [-0.3, -0.25) is 4.55 Å². The average Bonchev–Trinajstić information content (AvgIpc) is 2.23. The number of nitrogen functional groups attached to an aromatic ring is 1. The maximum Gasteiger partial charge on any atom is 0.296 e. The Morgan fingerprint density at radius 1 is 1.47 bits per heavy atom. The molecule has 1 aromatic carbocycles. The molecule has 0 aliphatic carbocycles. The number of benzene rings is 1. The van der Waals surface area contributed by atoms with Crippen LogP contribution in [0.25, 0.3) is 0 Å². The maximum absolute atomic E-state index is 10.9. The first-order valence-electron chi connectivity index (χ1n) is 4.15. The zero-order valence-corrected chi connectivity index (χ0v) is 9.99. The molecule has 10 heteroatoms. The molecule has 0 bridgehead atoms. The Labute approximate surface area is 102 Å². The molecule has 1 aromatic rings. The molecule has 5 N–H and O–H groups in total. The minimum atomic E-state index is -4.32. The van der Waals surface area contributed by atoms with Crippen LogP contribution in [0.15, 0.2) is 23.1 Å². The van der Waals surface area contributed by atoms with Crippen LogP contribution >= 0.6 is 12.0 Å². The molecule has 0 saturated carbocycles. The third-order valence-corrected chi connectivity index (χ3v) is 3.05. The molecule has 0 fully saturated rings. The molecule has 0 aliphatic rings. The fourth-order valence-corrected chi connectivity index (χ4v) is 1.97. The molecule has 0 atom stereocenters. The molecule has 0 aliphatic heterocycles. The minimum Gasteiger partial charge on any atom is -0.398 e. The summed E-state index contributed by atoms with van der Waals surface area (Å²) >= 11 is 0.772. The van der Waals surface area contributed by atoms with Gasteiger partial charge in [0, 0.05) is 5.69 Å². The molecule has 0 unspecified atom stereocenters. The summed E-state index contributed by atoms with van der Waals surface area (Å²) in [6, 6.07) is 3.92. The van der Waals surface area contributed by atoms with Gasteiger partial charge in [0.1, 0.15) is 4.90 Å². The van der Waals surface area contributed by atoms with Gasteiger partial charge in [-0.25, -0.2) is 5.26 Å². The molecule has 96 valence electrons. The van der Waals surface area contributed by atoms with E-state index in [0.717, 1.165) is 12.0 Å². The van der Waals surface area contributed by atoms with Gasteiger partial charge < -0.3 is 11.1 Å². The second kappa shape index (κ2) is 6.05.